The van der Waals surface area contributed by atoms with E-state index in [9.17, 15) is 24.3 Å². The first kappa shape index (κ1) is 77.7. The van der Waals surface area contributed by atoms with Crippen LogP contribution in [0, 0.1) is 0 Å². The van der Waals surface area contributed by atoms with Gasteiger partial charge in [-0.2, -0.15) is 0 Å². The summed E-state index contributed by atoms with van der Waals surface area (Å²) in [5, 5.41) is 9.27. The molecule has 1 aliphatic rings. The number of esters is 4. The molecule has 0 aromatic rings. The number of hydrogen-bond donors (Lipinski definition) is 1. The Balaban J connectivity index is 2.85. The summed E-state index contributed by atoms with van der Waals surface area (Å²) in [6.45, 7) is 14.3. The lowest BCUT2D eigenvalue weighted by Crippen LogP contribution is -2.42. The molecule has 1 saturated heterocycles. The van der Waals surface area contributed by atoms with E-state index < -0.39 is 17.9 Å². The standard InChI is InChI=1S/C70H134N2O10/c1-7-12-17-22-27-28-29-36-46-59-78-66(74)50-42-38-45-55-72-62-64(80-67(75)52-56-71(6)57-58-73)61-65(72)69(77)79-60-47-37-30-33-41-51-68(76)82-70(53-43-34-25-20-15-10-4,54-44-35-26-21-16-11-5)81-63(48-39-31-23-18-13-8-2)49-40-32-24-19-14-9-3/h63-65,73H,7-62H2,1-6H3/t64?,65-/m0/s1. The lowest BCUT2D eigenvalue weighted by molar-refractivity contribution is -0.259. The SMILES string of the molecule is CCCCCCCCCCCOC(=O)CCCCCN1CC(OC(=O)CCN(C)CCO)C[C@H]1C(=O)OCCCCCCCC(=O)OC(CCCCCCCC)(CCCCCCCC)OC(CCCCCCCC)CCCCCCCC. The fourth-order valence-electron chi connectivity index (χ4n) is 11.7. The predicted octanol–water partition coefficient (Wildman–Crippen LogP) is 18.4. The zero-order chi connectivity index (χ0) is 59.8. The van der Waals surface area contributed by atoms with E-state index in [1.54, 1.807) is 0 Å². The van der Waals surface area contributed by atoms with Crippen LogP contribution < -0.4 is 0 Å². The smallest absolute Gasteiger partial charge is 0.323 e. The van der Waals surface area contributed by atoms with Crippen LogP contribution in [-0.2, 0) is 42.9 Å². The highest BCUT2D eigenvalue weighted by Crippen LogP contribution is 2.34. The molecular formula is C70H134N2O10. The van der Waals surface area contributed by atoms with Crippen LogP contribution in [0.4, 0.5) is 0 Å². The molecule has 12 nitrogen and oxygen atoms in total. The van der Waals surface area contributed by atoms with Crippen molar-refractivity contribution in [3.8, 4) is 0 Å². The summed E-state index contributed by atoms with van der Waals surface area (Å²) in [5.74, 6) is -1.70. The summed E-state index contributed by atoms with van der Waals surface area (Å²) in [7, 11) is 1.86. The molecule has 1 fully saturated rings. The van der Waals surface area contributed by atoms with Gasteiger partial charge in [0.15, 0.2) is 0 Å². The number of aliphatic hydroxyl groups excluding tert-OH is 1. The van der Waals surface area contributed by atoms with Gasteiger partial charge >= 0.3 is 23.9 Å². The molecule has 1 rings (SSSR count). The summed E-state index contributed by atoms with van der Waals surface area (Å²) < 4.78 is 31.4. The van der Waals surface area contributed by atoms with E-state index in [1.165, 1.54) is 173 Å². The normalized spacial score (nSPS) is 14.8. The quantitative estimate of drug-likeness (QED) is 0.0268. The maximum atomic E-state index is 14.0. The molecule has 2 atom stereocenters. The minimum absolute atomic E-state index is 0.0266. The molecule has 1 N–H and O–H groups in total. The zero-order valence-corrected chi connectivity index (χ0v) is 54.8. The number of carbonyl (C=O) groups is 4. The van der Waals surface area contributed by atoms with Gasteiger partial charge in [-0.1, -0.05) is 253 Å². The van der Waals surface area contributed by atoms with Crippen LogP contribution in [0.5, 0.6) is 0 Å². The van der Waals surface area contributed by atoms with Crippen molar-refractivity contribution in [1.29, 1.82) is 0 Å². The number of aliphatic hydroxyl groups is 1. The fraction of sp³-hybridized carbons (Fsp3) is 0.943. The average Bonchev–Trinajstić information content (AvgIpc) is 3.98. The molecule has 1 heterocycles. The number of carbonyl (C=O) groups excluding carboxylic acids is 4. The van der Waals surface area contributed by atoms with Gasteiger partial charge in [0, 0.05) is 51.7 Å². The molecule has 484 valence electrons. The monoisotopic (exact) mass is 1160 g/mol. The molecule has 0 aromatic carbocycles. The van der Waals surface area contributed by atoms with Crippen LogP contribution in [-0.4, -0.2) is 116 Å². The third-order valence-corrected chi connectivity index (χ3v) is 17.0. The van der Waals surface area contributed by atoms with Crippen LogP contribution in [0.3, 0.4) is 0 Å². The summed E-state index contributed by atoms with van der Waals surface area (Å²) in [4.78, 5) is 57.0. The van der Waals surface area contributed by atoms with Crippen molar-refractivity contribution >= 4 is 23.9 Å². The second-order valence-electron chi connectivity index (χ2n) is 25.0. The molecule has 0 aromatic heterocycles. The second kappa shape index (κ2) is 56.5. The molecule has 0 bridgehead atoms. The van der Waals surface area contributed by atoms with Gasteiger partial charge in [0.2, 0.25) is 5.79 Å². The van der Waals surface area contributed by atoms with Crippen molar-refractivity contribution in [3.05, 3.63) is 0 Å². The molecular weight excluding hydrogens is 1030 g/mol. The molecule has 82 heavy (non-hydrogen) atoms. The number of unbranched alkanes of at least 4 members (excludes halogenated alkanes) is 34. The fourth-order valence-corrected chi connectivity index (χ4v) is 11.7. The van der Waals surface area contributed by atoms with Gasteiger partial charge in [-0.25, -0.2) is 0 Å². The zero-order valence-electron chi connectivity index (χ0n) is 54.8. The Bertz CT molecular complexity index is 1430. The van der Waals surface area contributed by atoms with E-state index in [-0.39, 0.29) is 43.0 Å². The van der Waals surface area contributed by atoms with E-state index in [0.717, 1.165) is 116 Å². The Morgan fingerprint density at radius 3 is 1.38 bits per heavy atom. The minimum atomic E-state index is -0.860. The maximum Gasteiger partial charge on any atom is 0.323 e. The number of hydrogen-bond acceptors (Lipinski definition) is 12. The molecule has 0 spiro atoms. The molecule has 1 unspecified atom stereocenters. The van der Waals surface area contributed by atoms with Crippen LogP contribution >= 0.6 is 0 Å². The highest BCUT2D eigenvalue weighted by molar-refractivity contribution is 5.76. The molecule has 0 amide bonds. The minimum Gasteiger partial charge on any atom is -0.466 e. The first-order valence-corrected chi connectivity index (χ1v) is 35.5. The van der Waals surface area contributed by atoms with E-state index in [2.05, 4.69) is 39.5 Å². The summed E-state index contributed by atoms with van der Waals surface area (Å²) >= 11 is 0. The van der Waals surface area contributed by atoms with E-state index >= 15 is 0 Å². The topological polar surface area (TPSA) is 141 Å². The van der Waals surface area contributed by atoms with Crippen LogP contribution in [0.25, 0.3) is 0 Å². The van der Waals surface area contributed by atoms with Crippen molar-refractivity contribution in [3.63, 3.8) is 0 Å². The van der Waals surface area contributed by atoms with Gasteiger partial charge in [0.1, 0.15) is 12.1 Å². The molecule has 0 saturated carbocycles. The summed E-state index contributed by atoms with van der Waals surface area (Å²) in [6, 6.07) is -0.498. The van der Waals surface area contributed by atoms with Crippen LogP contribution in [0.2, 0.25) is 0 Å². The van der Waals surface area contributed by atoms with Crippen molar-refractivity contribution in [2.45, 2.75) is 373 Å². The largest absolute Gasteiger partial charge is 0.466 e. The third-order valence-electron chi connectivity index (χ3n) is 17.0. The number of nitrogens with zero attached hydrogens (tertiary/aromatic N) is 2. The van der Waals surface area contributed by atoms with Crippen LogP contribution in [0.15, 0.2) is 0 Å². The Hall–Kier alpha value is -2.28. The molecule has 0 radical (unpaired) electrons. The first-order valence-electron chi connectivity index (χ1n) is 35.5. The predicted molar refractivity (Wildman–Crippen MR) is 340 cm³/mol. The highest BCUT2D eigenvalue weighted by Gasteiger charge is 2.40. The van der Waals surface area contributed by atoms with Crippen molar-refractivity contribution in [2.75, 3.05) is 53.0 Å². The molecule has 0 aliphatic carbocycles. The van der Waals surface area contributed by atoms with Gasteiger partial charge in [-0.3, -0.25) is 24.1 Å². The lowest BCUT2D eigenvalue weighted by atomic mass is 9.97. The van der Waals surface area contributed by atoms with Gasteiger partial charge in [-0.05, 0) is 71.4 Å². The van der Waals surface area contributed by atoms with Gasteiger partial charge in [0.25, 0.3) is 0 Å². The van der Waals surface area contributed by atoms with Crippen molar-refractivity contribution < 1.29 is 48.0 Å². The van der Waals surface area contributed by atoms with Crippen molar-refractivity contribution in [1.82, 2.24) is 9.80 Å². The number of likely N-dealkylation sites (N-methyl/N-ethyl adjacent to an activating group) is 1. The van der Waals surface area contributed by atoms with Gasteiger partial charge in [0.05, 0.1) is 32.3 Å². The van der Waals surface area contributed by atoms with E-state index in [1.807, 2.05) is 11.9 Å². The van der Waals surface area contributed by atoms with E-state index in [0.29, 0.717) is 58.7 Å². The van der Waals surface area contributed by atoms with E-state index in [4.69, 9.17) is 23.7 Å². The van der Waals surface area contributed by atoms with Crippen molar-refractivity contribution in [2.24, 2.45) is 0 Å². The Morgan fingerprint density at radius 1 is 0.476 bits per heavy atom. The summed E-state index contributed by atoms with van der Waals surface area (Å²) in [5.41, 5.74) is 0. The maximum absolute atomic E-state index is 14.0. The summed E-state index contributed by atoms with van der Waals surface area (Å²) in [6.07, 6.45) is 51.9. The Morgan fingerprint density at radius 2 is 0.890 bits per heavy atom. The number of likely N-dealkylation sites (tertiary alicyclic amines) is 1. The Labute approximate surface area is 505 Å². The first-order chi connectivity index (χ1) is 40.1. The number of ether oxygens (including phenoxy) is 5. The molecule has 1 aliphatic heterocycles. The number of rotatable bonds is 62. The highest BCUT2D eigenvalue weighted by atomic mass is 16.7. The van der Waals surface area contributed by atoms with Gasteiger partial charge in [-0.15, -0.1) is 0 Å². The van der Waals surface area contributed by atoms with Gasteiger partial charge < -0.3 is 33.7 Å². The Kier molecular flexibility index (Phi) is 53.6. The second-order valence-corrected chi connectivity index (χ2v) is 25.0. The average molecular weight is 1160 g/mol. The third kappa shape index (κ3) is 45.1. The lowest BCUT2D eigenvalue weighted by Gasteiger charge is -2.37. The van der Waals surface area contributed by atoms with Crippen LogP contribution in [0.1, 0.15) is 349 Å². The molecule has 12 heteroatoms.